The van der Waals surface area contributed by atoms with Crippen molar-refractivity contribution in [1.29, 1.82) is 0 Å². The molecule has 0 bridgehead atoms. The first kappa shape index (κ1) is 14.6. The Morgan fingerprint density at radius 3 is 2.61 bits per heavy atom. The largest absolute Gasteiger partial charge is 0.347 e. The molecule has 1 amide bonds. The van der Waals surface area contributed by atoms with Crippen molar-refractivity contribution >= 4 is 5.91 Å². The molecular formula is C13H20FN3O. The highest BCUT2D eigenvalue weighted by atomic mass is 19.1. The van der Waals surface area contributed by atoms with Gasteiger partial charge in [0.15, 0.2) is 0 Å². The van der Waals surface area contributed by atoms with E-state index in [1.54, 1.807) is 0 Å². The van der Waals surface area contributed by atoms with E-state index in [0.29, 0.717) is 13.0 Å². The summed E-state index contributed by atoms with van der Waals surface area (Å²) in [7, 11) is 0. The molecule has 0 aliphatic heterocycles. The first-order chi connectivity index (χ1) is 8.34. The summed E-state index contributed by atoms with van der Waals surface area (Å²) in [6.07, 6.45) is 1.72. The first-order valence-electron chi connectivity index (χ1n) is 5.97. The lowest BCUT2D eigenvalue weighted by Crippen LogP contribution is -2.45. The quantitative estimate of drug-likeness (QED) is 0.858. The SMILES string of the molecule is CC(C)(C)C(CCN)NC(=O)c1ccc(F)cn1. The molecule has 4 nitrogen and oxygen atoms in total. The topological polar surface area (TPSA) is 68.0 Å². The van der Waals surface area contributed by atoms with Crippen LogP contribution in [0.3, 0.4) is 0 Å². The Labute approximate surface area is 107 Å². The van der Waals surface area contributed by atoms with Gasteiger partial charge in [0.25, 0.3) is 5.91 Å². The van der Waals surface area contributed by atoms with Crippen LogP contribution in [0.5, 0.6) is 0 Å². The lowest BCUT2D eigenvalue weighted by molar-refractivity contribution is 0.0893. The highest BCUT2D eigenvalue weighted by molar-refractivity contribution is 5.92. The van der Waals surface area contributed by atoms with Crippen molar-refractivity contribution in [2.24, 2.45) is 11.1 Å². The molecule has 1 heterocycles. The van der Waals surface area contributed by atoms with Gasteiger partial charge in [-0.1, -0.05) is 20.8 Å². The van der Waals surface area contributed by atoms with Crippen LogP contribution in [0, 0.1) is 11.2 Å². The predicted molar refractivity (Wildman–Crippen MR) is 68.6 cm³/mol. The number of nitrogens with one attached hydrogen (secondary N) is 1. The number of hydrogen-bond donors (Lipinski definition) is 2. The third-order valence-corrected chi connectivity index (χ3v) is 2.77. The first-order valence-corrected chi connectivity index (χ1v) is 5.97. The summed E-state index contributed by atoms with van der Waals surface area (Å²) in [5.41, 5.74) is 5.67. The van der Waals surface area contributed by atoms with Crippen LogP contribution in [-0.4, -0.2) is 23.5 Å². The van der Waals surface area contributed by atoms with Crippen molar-refractivity contribution in [3.8, 4) is 0 Å². The van der Waals surface area contributed by atoms with Gasteiger partial charge in [-0.2, -0.15) is 0 Å². The van der Waals surface area contributed by atoms with Gasteiger partial charge in [-0.05, 0) is 30.5 Å². The average molecular weight is 253 g/mol. The maximum atomic E-state index is 12.7. The Morgan fingerprint density at radius 1 is 1.50 bits per heavy atom. The minimum absolute atomic E-state index is 0.0400. The van der Waals surface area contributed by atoms with Crippen molar-refractivity contribution in [2.75, 3.05) is 6.54 Å². The van der Waals surface area contributed by atoms with Crippen molar-refractivity contribution in [2.45, 2.75) is 33.2 Å². The Morgan fingerprint density at radius 2 is 2.17 bits per heavy atom. The maximum Gasteiger partial charge on any atom is 0.270 e. The number of pyridine rings is 1. The average Bonchev–Trinajstić information content (AvgIpc) is 2.28. The van der Waals surface area contributed by atoms with Gasteiger partial charge < -0.3 is 11.1 Å². The van der Waals surface area contributed by atoms with E-state index in [-0.39, 0.29) is 23.1 Å². The van der Waals surface area contributed by atoms with Gasteiger partial charge in [0, 0.05) is 6.04 Å². The number of amides is 1. The number of rotatable bonds is 4. The van der Waals surface area contributed by atoms with E-state index in [1.807, 2.05) is 20.8 Å². The van der Waals surface area contributed by atoms with E-state index in [0.717, 1.165) is 6.20 Å². The Hall–Kier alpha value is -1.49. The van der Waals surface area contributed by atoms with Crippen LogP contribution in [0.2, 0.25) is 0 Å². The van der Waals surface area contributed by atoms with Gasteiger partial charge in [0.05, 0.1) is 6.20 Å². The van der Waals surface area contributed by atoms with Crippen molar-refractivity contribution < 1.29 is 9.18 Å². The van der Waals surface area contributed by atoms with Crippen LogP contribution in [0.4, 0.5) is 4.39 Å². The molecule has 18 heavy (non-hydrogen) atoms. The van der Waals surface area contributed by atoms with Crippen LogP contribution >= 0.6 is 0 Å². The summed E-state index contributed by atoms with van der Waals surface area (Å²) in [4.78, 5) is 15.7. The summed E-state index contributed by atoms with van der Waals surface area (Å²) in [5.74, 6) is -0.760. The molecular weight excluding hydrogens is 233 g/mol. The fraction of sp³-hybridized carbons (Fsp3) is 0.538. The Bertz CT molecular complexity index is 398. The highest BCUT2D eigenvalue weighted by Crippen LogP contribution is 2.21. The molecule has 1 aromatic rings. The molecule has 0 aliphatic rings. The van der Waals surface area contributed by atoms with E-state index in [2.05, 4.69) is 10.3 Å². The molecule has 0 saturated heterocycles. The molecule has 3 N–H and O–H groups in total. The number of carbonyl (C=O) groups excluding carboxylic acids is 1. The van der Waals surface area contributed by atoms with Crippen LogP contribution < -0.4 is 11.1 Å². The molecule has 100 valence electrons. The Kier molecular flexibility index (Phi) is 4.78. The molecule has 1 atom stereocenters. The van der Waals surface area contributed by atoms with Crippen molar-refractivity contribution in [3.05, 3.63) is 29.8 Å². The zero-order chi connectivity index (χ0) is 13.8. The van der Waals surface area contributed by atoms with Crippen LogP contribution in [0.25, 0.3) is 0 Å². The predicted octanol–water partition coefficient (Wildman–Crippen LogP) is 1.71. The molecule has 1 unspecified atom stereocenters. The normalized spacial score (nSPS) is 13.2. The molecule has 0 spiro atoms. The fourth-order valence-electron chi connectivity index (χ4n) is 1.63. The molecule has 0 aromatic carbocycles. The van der Waals surface area contributed by atoms with Gasteiger partial charge in [0.1, 0.15) is 11.5 Å². The van der Waals surface area contributed by atoms with E-state index < -0.39 is 5.82 Å². The van der Waals surface area contributed by atoms with E-state index in [9.17, 15) is 9.18 Å². The third kappa shape index (κ3) is 4.07. The van der Waals surface area contributed by atoms with Gasteiger partial charge in [-0.3, -0.25) is 4.79 Å². The Balaban J connectivity index is 2.75. The number of aromatic nitrogens is 1. The van der Waals surface area contributed by atoms with Gasteiger partial charge >= 0.3 is 0 Å². The lowest BCUT2D eigenvalue weighted by atomic mass is 9.84. The summed E-state index contributed by atoms with van der Waals surface area (Å²) < 4.78 is 12.7. The van der Waals surface area contributed by atoms with E-state index >= 15 is 0 Å². The monoisotopic (exact) mass is 253 g/mol. The number of nitrogens with zero attached hydrogens (tertiary/aromatic N) is 1. The zero-order valence-electron chi connectivity index (χ0n) is 11.0. The second-order valence-electron chi connectivity index (χ2n) is 5.33. The molecule has 0 radical (unpaired) electrons. The molecule has 0 saturated carbocycles. The number of hydrogen-bond acceptors (Lipinski definition) is 3. The summed E-state index contributed by atoms with van der Waals surface area (Å²) in [6, 6.07) is 2.55. The van der Waals surface area contributed by atoms with Gasteiger partial charge in [0.2, 0.25) is 0 Å². The van der Waals surface area contributed by atoms with E-state index in [1.165, 1.54) is 12.1 Å². The molecule has 1 aromatic heterocycles. The molecule has 0 aliphatic carbocycles. The van der Waals surface area contributed by atoms with E-state index in [4.69, 9.17) is 5.73 Å². The van der Waals surface area contributed by atoms with Crippen LogP contribution in [0.15, 0.2) is 18.3 Å². The van der Waals surface area contributed by atoms with Crippen molar-refractivity contribution in [1.82, 2.24) is 10.3 Å². The number of nitrogens with two attached hydrogens (primary N) is 1. The zero-order valence-corrected chi connectivity index (χ0v) is 11.0. The summed E-state index contributed by atoms with van der Waals surface area (Å²) in [5, 5.41) is 2.89. The lowest BCUT2D eigenvalue weighted by Gasteiger charge is -2.31. The second-order valence-corrected chi connectivity index (χ2v) is 5.33. The standard InChI is InChI=1S/C13H20FN3O/c1-13(2,3)11(6-7-15)17-12(18)10-5-4-9(14)8-16-10/h4-5,8,11H,6-7,15H2,1-3H3,(H,17,18). The summed E-state index contributed by atoms with van der Waals surface area (Å²) >= 11 is 0. The van der Waals surface area contributed by atoms with Gasteiger partial charge in [-0.25, -0.2) is 9.37 Å². The highest BCUT2D eigenvalue weighted by Gasteiger charge is 2.26. The minimum Gasteiger partial charge on any atom is -0.347 e. The molecule has 1 rings (SSSR count). The van der Waals surface area contributed by atoms with Gasteiger partial charge in [-0.15, -0.1) is 0 Å². The maximum absolute atomic E-state index is 12.7. The third-order valence-electron chi connectivity index (χ3n) is 2.77. The molecule has 5 heteroatoms. The fourth-order valence-corrected chi connectivity index (χ4v) is 1.63. The van der Waals surface area contributed by atoms with Crippen molar-refractivity contribution in [3.63, 3.8) is 0 Å². The smallest absolute Gasteiger partial charge is 0.270 e. The van der Waals surface area contributed by atoms with Crippen LogP contribution in [-0.2, 0) is 0 Å². The summed E-state index contributed by atoms with van der Waals surface area (Å²) in [6.45, 7) is 6.60. The number of carbonyl (C=O) groups is 1. The molecule has 0 fully saturated rings. The number of halogens is 1. The minimum atomic E-state index is -0.458. The second kappa shape index (κ2) is 5.91. The van der Waals surface area contributed by atoms with Crippen LogP contribution in [0.1, 0.15) is 37.7 Å².